The van der Waals surface area contributed by atoms with Crippen molar-refractivity contribution in [2.75, 3.05) is 6.61 Å². The van der Waals surface area contributed by atoms with Gasteiger partial charge in [-0.25, -0.2) is 4.98 Å². The number of hydrogen-bond donors (Lipinski definition) is 0. The summed E-state index contributed by atoms with van der Waals surface area (Å²) in [7, 11) is 0. The highest BCUT2D eigenvalue weighted by atomic mass is 16.5. The SMILES string of the molecule is Cc1ccc(-c2nc3ccccc3n2CCCOc2cccc3ccccc23)cc1. The Morgan fingerprint density at radius 2 is 1.57 bits per heavy atom. The summed E-state index contributed by atoms with van der Waals surface area (Å²) in [6, 6.07) is 31.5. The molecule has 3 heteroatoms. The molecule has 0 aliphatic carbocycles. The highest BCUT2D eigenvalue weighted by molar-refractivity contribution is 5.88. The van der Waals surface area contributed by atoms with E-state index in [1.807, 2.05) is 12.1 Å². The van der Waals surface area contributed by atoms with Crippen molar-refractivity contribution in [2.45, 2.75) is 19.9 Å². The van der Waals surface area contributed by atoms with Crippen molar-refractivity contribution in [1.29, 1.82) is 0 Å². The monoisotopic (exact) mass is 392 g/mol. The molecule has 0 N–H and O–H groups in total. The topological polar surface area (TPSA) is 27.1 Å². The molecule has 4 aromatic carbocycles. The Hall–Kier alpha value is -3.59. The van der Waals surface area contributed by atoms with Crippen molar-refractivity contribution in [3.8, 4) is 17.1 Å². The van der Waals surface area contributed by atoms with Gasteiger partial charge in [-0.2, -0.15) is 0 Å². The molecule has 0 fully saturated rings. The molecule has 3 nitrogen and oxygen atoms in total. The summed E-state index contributed by atoms with van der Waals surface area (Å²) in [5, 5.41) is 2.37. The zero-order chi connectivity index (χ0) is 20.3. The minimum absolute atomic E-state index is 0.661. The van der Waals surface area contributed by atoms with Crippen LogP contribution in [-0.4, -0.2) is 16.2 Å². The molecule has 0 saturated heterocycles. The second kappa shape index (κ2) is 8.03. The molecule has 0 amide bonds. The van der Waals surface area contributed by atoms with Crippen molar-refractivity contribution in [3.63, 3.8) is 0 Å². The first-order valence-corrected chi connectivity index (χ1v) is 10.4. The standard InChI is InChI=1S/C27H24N2O/c1-20-14-16-22(17-15-20)27-28-24-11-4-5-12-25(24)29(27)18-7-19-30-26-13-6-9-21-8-2-3-10-23(21)26/h2-6,8-17H,7,18-19H2,1H3. The Labute approximate surface area is 176 Å². The van der Waals surface area contributed by atoms with E-state index in [4.69, 9.17) is 9.72 Å². The number of rotatable bonds is 6. The van der Waals surface area contributed by atoms with Gasteiger partial charge in [0.15, 0.2) is 0 Å². The van der Waals surface area contributed by atoms with Crippen LogP contribution in [0.25, 0.3) is 33.2 Å². The van der Waals surface area contributed by atoms with Crippen LogP contribution in [0, 0.1) is 6.92 Å². The first kappa shape index (κ1) is 18.4. The summed E-state index contributed by atoms with van der Waals surface area (Å²) in [4.78, 5) is 4.91. The van der Waals surface area contributed by atoms with E-state index < -0.39 is 0 Å². The fourth-order valence-corrected chi connectivity index (χ4v) is 3.95. The van der Waals surface area contributed by atoms with Crippen LogP contribution < -0.4 is 4.74 Å². The molecular weight excluding hydrogens is 368 g/mol. The molecule has 148 valence electrons. The summed E-state index contributed by atoms with van der Waals surface area (Å²) in [6.07, 6.45) is 0.905. The molecule has 1 aromatic heterocycles. The minimum atomic E-state index is 0.661. The van der Waals surface area contributed by atoms with Gasteiger partial charge in [0.05, 0.1) is 17.6 Å². The normalized spacial score (nSPS) is 11.2. The van der Waals surface area contributed by atoms with Crippen molar-refractivity contribution >= 4 is 21.8 Å². The van der Waals surface area contributed by atoms with Crippen LogP contribution in [0.15, 0.2) is 91.0 Å². The third kappa shape index (κ3) is 3.55. The van der Waals surface area contributed by atoms with Crippen LogP contribution in [0.4, 0.5) is 0 Å². The second-order valence-corrected chi connectivity index (χ2v) is 7.62. The lowest BCUT2D eigenvalue weighted by Gasteiger charge is -2.12. The summed E-state index contributed by atoms with van der Waals surface area (Å²) in [5.74, 6) is 1.96. The fraction of sp³-hybridized carbons (Fsp3) is 0.148. The number of imidazole rings is 1. The molecular formula is C27H24N2O. The van der Waals surface area contributed by atoms with Crippen molar-refractivity contribution in [1.82, 2.24) is 9.55 Å². The number of hydrogen-bond acceptors (Lipinski definition) is 2. The van der Waals surface area contributed by atoms with E-state index in [1.54, 1.807) is 0 Å². The molecule has 0 aliphatic rings. The van der Waals surface area contributed by atoms with Gasteiger partial charge >= 0.3 is 0 Å². The summed E-state index contributed by atoms with van der Waals surface area (Å²) < 4.78 is 8.47. The van der Waals surface area contributed by atoms with Gasteiger partial charge in [-0.3, -0.25) is 0 Å². The predicted octanol–water partition coefficient (Wildman–Crippen LogP) is 6.63. The molecule has 0 atom stereocenters. The molecule has 1 heterocycles. The Balaban J connectivity index is 1.37. The molecule has 0 spiro atoms. The molecule has 0 aliphatic heterocycles. The largest absolute Gasteiger partial charge is 0.493 e. The van der Waals surface area contributed by atoms with Crippen molar-refractivity contribution in [3.05, 3.63) is 96.6 Å². The highest BCUT2D eigenvalue weighted by Crippen LogP contribution is 2.27. The molecule has 30 heavy (non-hydrogen) atoms. The Kier molecular flexibility index (Phi) is 4.94. The fourth-order valence-electron chi connectivity index (χ4n) is 3.95. The Bertz CT molecular complexity index is 1300. The lowest BCUT2D eigenvalue weighted by Crippen LogP contribution is -2.06. The van der Waals surface area contributed by atoms with Crippen LogP contribution in [0.3, 0.4) is 0 Å². The molecule has 0 unspecified atom stereocenters. The number of nitrogens with zero attached hydrogens (tertiary/aromatic N) is 2. The van der Waals surface area contributed by atoms with E-state index in [1.165, 1.54) is 16.5 Å². The Morgan fingerprint density at radius 3 is 2.47 bits per heavy atom. The summed E-state index contributed by atoms with van der Waals surface area (Å²) in [6.45, 7) is 3.62. The lowest BCUT2D eigenvalue weighted by molar-refractivity contribution is 0.306. The van der Waals surface area contributed by atoms with Gasteiger partial charge in [0.1, 0.15) is 11.6 Å². The average Bonchev–Trinajstić information content (AvgIpc) is 3.16. The van der Waals surface area contributed by atoms with Gasteiger partial charge in [-0.1, -0.05) is 78.4 Å². The summed E-state index contributed by atoms with van der Waals surface area (Å²) >= 11 is 0. The predicted molar refractivity (Wildman–Crippen MR) is 124 cm³/mol. The maximum Gasteiger partial charge on any atom is 0.141 e. The van der Waals surface area contributed by atoms with Gasteiger partial charge in [0.25, 0.3) is 0 Å². The lowest BCUT2D eigenvalue weighted by atomic mass is 10.1. The van der Waals surface area contributed by atoms with Crippen molar-refractivity contribution < 1.29 is 4.74 Å². The maximum atomic E-state index is 6.16. The third-order valence-electron chi connectivity index (χ3n) is 5.50. The molecule has 0 radical (unpaired) electrons. The van der Waals surface area contributed by atoms with E-state index in [-0.39, 0.29) is 0 Å². The Morgan fingerprint density at radius 1 is 0.800 bits per heavy atom. The molecule has 0 saturated carbocycles. The summed E-state index contributed by atoms with van der Waals surface area (Å²) in [5.41, 5.74) is 4.60. The first-order valence-electron chi connectivity index (χ1n) is 10.4. The quantitative estimate of drug-likeness (QED) is 0.303. The average molecular weight is 393 g/mol. The van der Waals surface area contributed by atoms with Gasteiger partial charge in [0.2, 0.25) is 0 Å². The van der Waals surface area contributed by atoms with E-state index in [2.05, 4.69) is 90.4 Å². The number of aromatic nitrogens is 2. The van der Waals surface area contributed by atoms with Gasteiger partial charge in [-0.05, 0) is 36.9 Å². The van der Waals surface area contributed by atoms with Crippen LogP contribution in [0.5, 0.6) is 5.75 Å². The maximum absolute atomic E-state index is 6.16. The highest BCUT2D eigenvalue weighted by Gasteiger charge is 2.12. The van der Waals surface area contributed by atoms with Crippen molar-refractivity contribution in [2.24, 2.45) is 0 Å². The zero-order valence-electron chi connectivity index (χ0n) is 17.1. The van der Waals surface area contributed by atoms with E-state index in [9.17, 15) is 0 Å². The smallest absolute Gasteiger partial charge is 0.141 e. The van der Waals surface area contributed by atoms with Gasteiger partial charge in [0, 0.05) is 17.5 Å². The molecule has 5 rings (SSSR count). The van der Waals surface area contributed by atoms with Gasteiger partial charge in [-0.15, -0.1) is 0 Å². The number of benzene rings is 4. The second-order valence-electron chi connectivity index (χ2n) is 7.62. The number of fused-ring (bicyclic) bond motifs is 2. The zero-order valence-corrected chi connectivity index (χ0v) is 17.1. The molecule has 5 aromatic rings. The third-order valence-corrected chi connectivity index (χ3v) is 5.50. The van der Waals surface area contributed by atoms with Crippen LogP contribution in [-0.2, 0) is 6.54 Å². The van der Waals surface area contributed by atoms with E-state index in [0.29, 0.717) is 6.61 Å². The van der Waals surface area contributed by atoms with Crippen LogP contribution >= 0.6 is 0 Å². The van der Waals surface area contributed by atoms with Crippen LogP contribution in [0.1, 0.15) is 12.0 Å². The number of aryl methyl sites for hydroxylation is 2. The van der Waals surface area contributed by atoms with Crippen LogP contribution in [0.2, 0.25) is 0 Å². The van der Waals surface area contributed by atoms with E-state index in [0.717, 1.165) is 41.0 Å². The number of para-hydroxylation sites is 2. The van der Waals surface area contributed by atoms with E-state index >= 15 is 0 Å². The van der Waals surface area contributed by atoms with Gasteiger partial charge < -0.3 is 9.30 Å². The molecule has 0 bridgehead atoms. The first-order chi connectivity index (χ1) is 14.8. The number of ether oxygens (including phenoxy) is 1. The minimum Gasteiger partial charge on any atom is -0.493 e.